The van der Waals surface area contributed by atoms with Gasteiger partial charge in [-0.15, -0.1) is 0 Å². The normalized spacial score (nSPS) is 15.1. The molecule has 1 aliphatic heterocycles. The number of carbonyl (C=O) groups is 2. The molecular formula is C20H21N3O2S. The molecule has 2 aromatic rings. The molecule has 0 saturated carbocycles. The summed E-state index contributed by atoms with van der Waals surface area (Å²) in [5.74, 6) is -0.753. The number of nitrogens with zero attached hydrogens (tertiary/aromatic N) is 3. The molecule has 5 nitrogen and oxygen atoms in total. The van der Waals surface area contributed by atoms with Crippen LogP contribution in [0.2, 0.25) is 0 Å². The van der Waals surface area contributed by atoms with E-state index in [4.69, 9.17) is 12.2 Å². The lowest BCUT2D eigenvalue weighted by molar-refractivity contribution is -0.132. The smallest absolute Gasteiger partial charge is 0.265 e. The molecule has 0 N–H and O–H groups in total. The van der Waals surface area contributed by atoms with Crippen molar-refractivity contribution >= 4 is 35.2 Å². The van der Waals surface area contributed by atoms with E-state index >= 15 is 0 Å². The SMILES string of the molecule is Cc1ccc(-n2c(C)cc(C=C3C(=O)N(C)C(=S)N(C)C3=O)c2C)cc1. The van der Waals surface area contributed by atoms with Crippen LogP contribution in [0.1, 0.15) is 22.5 Å². The molecule has 6 heteroatoms. The molecule has 1 fully saturated rings. The third-order valence-electron chi connectivity index (χ3n) is 4.71. The molecule has 134 valence electrons. The second-order valence-corrected chi connectivity index (χ2v) is 6.93. The molecule has 2 amide bonds. The number of hydrogen-bond donors (Lipinski definition) is 0. The van der Waals surface area contributed by atoms with Gasteiger partial charge in [-0.2, -0.15) is 0 Å². The van der Waals surface area contributed by atoms with Crippen molar-refractivity contribution in [2.75, 3.05) is 14.1 Å². The summed E-state index contributed by atoms with van der Waals surface area (Å²) in [4.78, 5) is 27.7. The Morgan fingerprint density at radius 2 is 1.46 bits per heavy atom. The van der Waals surface area contributed by atoms with Crippen LogP contribution < -0.4 is 0 Å². The standard InChI is InChI=1S/C20H21N3O2S/c1-12-6-8-16(9-7-12)23-13(2)10-15(14(23)3)11-17-18(24)21(4)20(26)22(5)19(17)25/h6-11H,1-5H3. The number of aryl methyl sites for hydroxylation is 2. The van der Waals surface area contributed by atoms with Crippen LogP contribution in [0.4, 0.5) is 0 Å². The van der Waals surface area contributed by atoms with Gasteiger partial charge < -0.3 is 4.57 Å². The lowest BCUT2D eigenvalue weighted by Crippen LogP contribution is -2.52. The highest BCUT2D eigenvalue weighted by Crippen LogP contribution is 2.25. The number of rotatable bonds is 2. The highest BCUT2D eigenvalue weighted by atomic mass is 32.1. The Kier molecular flexibility index (Phi) is 4.54. The predicted octanol–water partition coefficient (Wildman–Crippen LogP) is 3.00. The van der Waals surface area contributed by atoms with Crippen molar-refractivity contribution < 1.29 is 9.59 Å². The van der Waals surface area contributed by atoms with Gasteiger partial charge >= 0.3 is 0 Å². The molecule has 26 heavy (non-hydrogen) atoms. The first-order valence-corrected chi connectivity index (χ1v) is 8.71. The van der Waals surface area contributed by atoms with Gasteiger partial charge in [0.1, 0.15) is 5.57 Å². The molecule has 3 rings (SSSR count). The van der Waals surface area contributed by atoms with E-state index in [0.717, 1.165) is 22.6 Å². The van der Waals surface area contributed by atoms with E-state index in [-0.39, 0.29) is 22.5 Å². The van der Waals surface area contributed by atoms with E-state index in [2.05, 4.69) is 28.8 Å². The van der Waals surface area contributed by atoms with Crippen molar-refractivity contribution in [3.8, 4) is 5.69 Å². The largest absolute Gasteiger partial charge is 0.318 e. The van der Waals surface area contributed by atoms with Crippen molar-refractivity contribution in [2.45, 2.75) is 20.8 Å². The molecule has 2 heterocycles. The number of thiocarbonyl (C=S) groups is 1. The fourth-order valence-electron chi connectivity index (χ4n) is 3.16. The van der Waals surface area contributed by atoms with Gasteiger partial charge in [-0.1, -0.05) is 17.7 Å². The Balaban J connectivity index is 2.08. The van der Waals surface area contributed by atoms with Gasteiger partial charge in [-0.3, -0.25) is 19.4 Å². The second kappa shape index (κ2) is 6.53. The summed E-state index contributed by atoms with van der Waals surface area (Å²) < 4.78 is 2.11. The molecule has 0 spiro atoms. The Morgan fingerprint density at radius 3 is 2.00 bits per heavy atom. The average Bonchev–Trinajstić information content (AvgIpc) is 2.90. The third-order valence-corrected chi connectivity index (χ3v) is 5.25. The van der Waals surface area contributed by atoms with E-state index in [0.29, 0.717) is 0 Å². The van der Waals surface area contributed by atoms with Gasteiger partial charge in [-0.25, -0.2) is 0 Å². The summed E-state index contributed by atoms with van der Waals surface area (Å²) in [6.07, 6.45) is 1.66. The summed E-state index contributed by atoms with van der Waals surface area (Å²) in [5, 5.41) is 0.210. The van der Waals surface area contributed by atoms with Crippen LogP contribution in [-0.2, 0) is 9.59 Å². The lowest BCUT2D eigenvalue weighted by atomic mass is 10.1. The zero-order valence-corrected chi connectivity index (χ0v) is 16.3. The monoisotopic (exact) mass is 367 g/mol. The van der Waals surface area contributed by atoms with E-state index < -0.39 is 0 Å². The van der Waals surface area contributed by atoms with Gasteiger partial charge in [0.25, 0.3) is 11.8 Å². The topological polar surface area (TPSA) is 45.6 Å². The van der Waals surface area contributed by atoms with Gasteiger partial charge in [0.15, 0.2) is 5.11 Å². The van der Waals surface area contributed by atoms with Gasteiger partial charge in [-0.05, 0) is 62.8 Å². The van der Waals surface area contributed by atoms with Crippen molar-refractivity contribution in [1.82, 2.24) is 14.4 Å². The van der Waals surface area contributed by atoms with Crippen LogP contribution >= 0.6 is 12.2 Å². The first-order chi connectivity index (χ1) is 12.2. The highest BCUT2D eigenvalue weighted by Gasteiger charge is 2.35. The maximum absolute atomic E-state index is 12.5. The van der Waals surface area contributed by atoms with Crippen LogP contribution in [0.25, 0.3) is 11.8 Å². The molecule has 0 atom stereocenters. The lowest BCUT2D eigenvalue weighted by Gasteiger charge is -2.31. The van der Waals surface area contributed by atoms with Crippen molar-refractivity contribution in [3.05, 3.63) is 58.4 Å². The molecule has 1 aliphatic rings. The Labute approximate surface area is 158 Å². The Morgan fingerprint density at radius 1 is 0.923 bits per heavy atom. The van der Waals surface area contributed by atoms with Gasteiger partial charge in [0.2, 0.25) is 0 Å². The predicted molar refractivity (Wildman–Crippen MR) is 106 cm³/mol. The average molecular weight is 367 g/mol. The summed E-state index contributed by atoms with van der Waals surface area (Å²) in [6, 6.07) is 10.2. The molecule has 0 aliphatic carbocycles. The first kappa shape index (κ1) is 18.1. The minimum absolute atomic E-state index is 0.118. The maximum atomic E-state index is 12.5. The van der Waals surface area contributed by atoms with Gasteiger partial charge in [0.05, 0.1) is 0 Å². The van der Waals surface area contributed by atoms with E-state index in [1.54, 1.807) is 20.2 Å². The molecule has 0 unspecified atom stereocenters. The third kappa shape index (κ3) is 2.86. The highest BCUT2D eigenvalue weighted by molar-refractivity contribution is 7.80. The number of carbonyl (C=O) groups excluding carboxylic acids is 2. The first-order valence-electron chi connectivity index (χ1n) is 8.30. The number of likely N-dealkylation sites (N-methyl/N-ethyl adjacent to an activating group) is 2. The minimum Gasteiger partial charge on any atom is -0.318 e. The molecular weight excluding hydrogens is 346 g/mol. The number of amides is 2. The molecule has 0 bridgehead atoms. The van der Waals surface area contributed by atoms with Gasteiger partial charge in [0, 0.05) is 31.2 Å². The second-order valence-electron chi connectivity index (χ2n) is 6.57. The molecule has 1 aromatic heterocycles. The summed E-state index contributed by atoms with van der Waals surface area (Å²) in [6.45, 7) is 6.04. The quantitative estimate of drug-likeness (QED) is 0.466. The summed E-state index contributed by atoms with van der Waals surface area (Å²) >= 11 is 5.13. The van der Waals surface area contributed by atoms with E-state index in [1.807, 2.05) is 26.8 Å². The van der Waals surface area contributed by atoms with E-state index in [1.165, 1.54) is 15.4 Å². The van der Waals surface area contributed by atoms with E-state index in [9.17, 15) is 9.59 Å². The van der Waals surface area contributed by atoms with Crippen LogP contribution in [0.5, 0.6) is 0 Å². The fourth-order valence-corrected chi connectivity index (χ4v) is 3.32. The summed E-state index contributed by atoms with van der Waals surface area (Å²) in [5.41, 5.74) is 5.21. The minimum atomic E-state index is -0.377. The fraction of sp³-hybridized carbons (Fsp3) is 0.250. The van der Waals surface area contributed by atoms with Crippen LogP contribution in [0.3, 0.4) is 0 Å². The Hall–Kier alpha value is -2.73. The van der Waals surface area contributed by atoms with Crippen molar-refractivity contribution in [3.63, 3.8) is 0 Å². The maximum Gasteiger partial charge on any atom is 0.265 e. The molecule has 0 radical (unpaired) electrons. The number of benzene rings is 1. The van der Waals surface area contributed by atoms with Crippen molar-refractivity contribution in [2.24, 2.45) is 0 Å². The van der Waals surface area contributed by atoms with Crippen LogP contribution in [-0.4, -0.2) is 45.4 Å². The zero-order chi connectivity index (χ0) is 19.2. The van der Waals surface area contributed by atoms with Crippen LogP contribution in [0.15, 0.2) is 35.9 Å². The van der Waals surface area contributed by atoms with Crippen molar-refractivity contribution in [1.29, 1.82) is 0 Å². The Bertz CT molecular complexity index is 928. The number of hydrogen-bond acceptors (Lipinski definition) is 3. The number of aromatic nitrogens is 1. The molecule has 1 aromatic carbocycles. The summed E-state index contributed by atoms with van der Waals surface area (Å²) in [7, 11) is 3.16. The molecule has 1 saturated heterocycles. The van der Waals surface area contributed by atoms with Crippen LogP contribution in [0, 0.1) is 20.8 Å². The zero-order valence-electron chi connectivity index (χ0n) is 15.5.